The van der Waals surface area contributed by atoms with Gasteiger partial charge in [0.05, 0.1) is 5.60 Å². The zero-order valence-corrected chi connectivity index (χ0v) is 10.3. The Morgan fingerprint density at radius 2 is 1.50 bits per heavy atom. The molecule has 2 nitrogen and oxygen atoms in total. The molecule has 0 aromatic carbocycles. The molecule has 2 heteroatoms. The van der Waals surface area contributed by atoms with Crippen LogP contribution in [0.4, 0.5) is 0 Å². The Hall–Kier alpha value is -0.0800. The summed E-state index contributed by atoms with van der Waals surface area (Å²) < 4.78 is 0. The van der Waals surface area contributed by atoms with Gasteiger partial charge in [-0.15, -0.1) is 0 Å². The molecule has 1 atom stereocenters. The zero-order chi connectivity index (χ0) is 11.0. The lowest BCUT2D eigenvalue weighted by atomic mass is 10.00. The van der Waals surface area contributed by atoms with Crippen molar-refractivity contribution in [1.82, 2.24) is 4.90 Å². The van der Waals surface area contributed by atoms with Gasteiger partial charge in [0.25, 0.3) is 0 Å². The molecule has 0 aliphatic carbocycles. The molecule has 0 bridgehead atoms. The normalized spacial score (nSPS) is 15.9. The van der Waals surface area contributed by atoms with Crippen molar-refractivity contribution in [1.29, 1.82) is 0 Å². The van der Waals surface area contributed by atoms with Crippen molar-refractivity contribution < 1.29 is 5.11 Å². The van der Waals surface area contributed by atoms with E-state index in [1.165, 1.54) is 12.8 Å². The van der Waals surface area contributed by atoms with Crippen LogP contribution in [-0.4, -0.2) is 35.2 Å². The number of hydrogen-bond donors (Lipinski definition) is 1. The smallest absolute Gasteiger partial charge is 0.0746 e. The Morgan fingerprint density at radius 3 is 1.86 bits per heavy atom. The third kappa shape index (κ3) is 6.39. The first-order valence-electron chi connectivity index (χ1n) is 6.00. The van der Waals surface area contributed by atoms with Crippen LogP contribution >= 0.6 is 0 Å². The molecule has 0 saturated carbocycles. The second kappa shape index (κ2) is 7.24. The van der Waals surface area contributed by atoms with Crippen LogP contribution < -0.4 is 0 Å². The molecule has 0 aromatic heterocycles. The Morgan fingerprint density at radius 1 is 1.00 bits per heavy atom. The van der Waals surface area contributed by atoms with E-state index >= 15 is 0 Å². The summed E-state index contributed by atoms with van der Waals surface area (Å²) in [6.45, 7) is 11.5. The summed E-state index contributed by atoms with van der Waals surface area (Å²) in [5, 5.41) is 10.1. The molecular formula is C12H27NO. The fourth-order valence-electron chi connectivity index (χ4n) is 2.00. The SMILES string of the molecule is CCCN(CCC)CC(C)(O)CCC. The Kier molecular flexibility index (Phi) is 7.20. The minimum absolute atomic E-state index is 0.501. The van der Waals surface area contributed by atoms with Crippen molar-refractivity contribution in [2.24, 2.45) is 0 Å². The molecule has 0 radical (unpaired) electrons. The quantitative estimate of drug-likeness (QED) is 0.652. The molecule has 0 heterocycles. The molecule has 86 valence electrons. The lowest BCUT2D eigenvalue weighted by Gasteiger charge is -2.31. The van der Waals surface area contributed by atoms with Crippen LogP contribution in [0.15, 0.2) is 0 Å². The van der Waals surface area contributed by atoms with E-state index in [1.54, 1.807) is 0 Å². The Labute approximate surface area is 89.3 Å². The first-order chi connectivity index (χ1) is 6.55. The van der Waals surface area contributed by atoms with Crippen molar-refractivity contribution in [2.45, 2.75) is 59.0 Å². The highest BCUT2D eigenvalue weighted by Gasteiger charge is 2.21. The van der Waals surface area contributed by atoms with Crippen molar-refractivity contribution in [3.05, 3.63) is 0 Å². The molecule has 0 aliphatic rings. The predicted octanol–water partition coefficient (Wildman–Crippen LogP) is 2.66. The monoisotopic (exact) mass is 201 g/mol. The van der Waals surface area contributed by atoms with E-state index in [4.69, 9.17) is 0 Å². The highest BCUT2D eigenvalue weighted by Crippen LogP contribution is 2.14. The summed E-state index contributed by atoms with van der Waals surface area (Å²) in [7, 11) is 0. The molecule has 14 heavy (non-hydrogen) atoms. The van der Waals surface area contributed by atoms with Crippen LogP contribution in [-0.2, 0) is 0 Å². The fourth-order valence-corrected chi connectivity index (χ4v) is 2.00. The van der Waals surface area contributed by atoms with E-state index in [1.807, 2.05) is 6.92 Å². The molecule has 0 aliphatic heterocycles. The fraction of sp³-hybridized carbons (Fsp3) is 1.00. The van der Waals surface area contributed by atoms with E-state index in [0.29, 0.717) is 0 Å². The minimum Gasteiger partial charge on any atom is -0.389 e. The number of aliphatic hydroxyl groups is 1. The maximum Gasteiger partial charge on any atom is 0.0746 e. The molecule has 0 rings (SSSR count). The van der Waals surface area contributed by atoms with Crippen LogP contribution in [0.2, 0.25) is 0 Å². The molecule has 1 N–H and O–H groups in total. The van der Waals surface area contributed by atoms with Crippen LogP contribution in [0.3, 0.4) is 0 Å². The van der Waals surface area contributed by atoms with Gasteiger partial charge in [-0.1, -0.05) is 27.2 Å². The van der Waals surface area contributed by atoms with Gasteiger partial charge >= 0.3 is 0 Å². The maximum absolute atomic E-state index is 10.1. The van der Waals surface area contributed by atoms with Gasteiger partial charge < -0.3 is 10.0 Å². The average molecular weight is 201 g/mol. The van der Waals surface area contributed by atoms with Crippen LogP contribution in [0.1, 0.15) is 53.4 Å². The third-order valence-corrected chi connectivity index (χ3v) is 2.43. The summed E-state index contributed by atoms with van der Waals surface area (Å²) in [5.74, 6) is 0. The highest BCUT2D eigenvalue weighted by molar-refractivity contribution is 4.76. The van der Waals surface area contributed by atoms with Crippen molar-refractivity contribution in [3.63, 3.8) is 0 Å². The average Bonchev–Trinajstić information content (AvgIpc) is 2.03. The van der Waals surface area contributed by atoms with E-state index in [-0.39, 0.29) is 0 Å². The zero-order valence-electron chi connectivity index (χ0n) is 10.3. The molecule has 0 saturated heterocycles. The Bertz CT molecular complexity index is 128. The predicted molar refractivity (Wildman–Crippen MR) is 62.6 cm³/mol. The first-order valence-corrected chi connectivity index (χ1v) is 6.00. The number of rotatable bonds is 8. The van der Waals surface area contributed by atoms with Gasteiger partial charge in [-0.3, -0.25) is 0 Å². The largest absolute Gasteiger partial charge is 0.389 e. The first kappa shape index (κ1) is 13.9. The second-order valence-corrected chi connectivity index (χ2v) is 4.52. The van der Waals surface area contributed by atoms with Crippen LogP contribution in [0, 0.1) is 0 Å². The van der Waals surface area contributed by atoms with Crippen molar-refractivity contribution in [2.75, 3.05) is 19.6 Å². The molecule has 1 unspecified atom stereocenters. The van der Waals surface area contributed by atoms with Gasteiger partial charge in [0, 0.05) is 6.54 Å². The van der Waals surface area contributed by atoms with Gasteiger partial charge in [-0.2, -0.15) is 0 Å². The maximum atomic E-state index is 10.1. The van der Waals surface area contributed by atoms with Gasteiger partial charge in [-0.05, 0) is 39.3 Å². The number of hydrogen-bond acceptors (Lipinski definition) is 2. The summed E-state index contributed by atoms with van der Waals surface area (Å²) in [6, 6.07) is 0. The lowest BCUT2D eigenvalue weighted by molar-refractivity contribution is 0.0117. The third-order valence-electron chi connectivity index (χ3n) is 2.43. The molecular weight excluding hydrogens is 174 g/mol. The van der Waals surface area contributed by atoms with Crippen molar-refractivity contribution >= 4 is 0 Å². The summed E-state index contributed by atoms with van der Waals surface area (Å²) in [4.78, 5) is 2.37. The molecule has 0 fully saturated rings. The molecule has 0 amide bonds. The summed E-state index contributed by atoms with van der Waals surface area (Å²) in [6.07, 6.45) is 4.29. The molecule has 0 spiro atoms. The van der Waals surface area contributed by atoms with Gasteiger partial charge in [0.1, 0.15) is 0 Å². The van der Waals surface area contributed by atoms with Gasteiger partial charge in [0.15, 0.2) is 0 Å². The van der Waals surface area contributed by atoms with E-state index in [9.17, 15) is 5.11 Å². The summed E-state index contributed by atoms with van der Waals surface area (Å²) in [5.41, 5.74) is -0.501. The van der Waals surface area contributed by atoms with E-state index in [0.717, 1.165) is 32.5 Å². The van der Waals surface area contributed by atoms with Crippen LogP contribution in [0.5, 0.6) is 0 Å². The lowest BCUT2D eigenvalue weighted by Crippen LogP contribution is -2.41. The van der Waals surface area contributed by atoms with Gasteiger partial charge in [-0.25, -0.2) is 0 Å². The highest BCUT2D eigenvalue weighted by atomic mass is 16.3. The second-order valence-electron chi connectivity index (χ2n) is 4.52. The number of nitrogens with zero attached hydrogens (tertiary/aromatic N) is 1. The van der Waals surface area contributed by atoms with Gasteiger partial charge in [0.2, 0.25) is 0 Å². The van der Waals surface area contributed by atoms with E-state index in [2.05, 4.69) is 25.7 Å². The minimum atomic E-state index is -0.501. The standard InChI is InChI=1S/C12H27NO/c1-5-8-12(4,14)11-13(9-6-2)10-7-3/h14H,5-11H2,1-4H3. The summed E-state index contributed by atoms with van der Waals surface area (Å²) >= 11 is 0. The topological polar surface area (TPSA) is 23.5 Å². The molecule has 0 aromatic rings. The van der Waals surface area contributed by atoms with E-state index < -0.39 is 5.60 Å². The Balaban J connectivity index is 3.98. The van der Waals surface area contributed by atoms with Crippen molar-refractivity contribution in [3.8, 4) is 0 Å². The van der Waals surface area contributed by atoms with Crippen LogP contribution in [0.25, 0.3) is 0 Å².